The lowest BCUT2D eigenvalue weighted by atomic mass is 9.99. The molecule has 0 N–H and O–H groups in total. The maximum atomic E-state index is 11.4. The van der Waals surface area contributed by atoms with Crippen LogP contribution < -0.4 is 0 Å². The number of hydrogen-bond acceptors (Lipinski definition) is 5. The first kappa shape index (κ1) is 13.8. The highest BCUT2D eigenvalue weighted by atomic mass is 16.6. The van der Waals surface area contributed by atoms with Crippen LogP contribution in [-0.4, -0.2) is 23.8 Å². The van der Waals surface area contributed by atoms with Crippen molar-refractivity contribution in [3.05, 3.63) is 38.9 Å². The number of non-ortho nitro benzene ring substituents is 1. The Morgan fingerprint density at radius 2 is 2.17 bits per heavy atom. The van der Waals surface area contributed by atoms with Gasteiger partial charge in [-0.3, -0.25) is 19.7 Å². The molecule has 0 fully saturated rings. The molecule has 0 saturated carbocycles. The summed E-state index contributed by atoms with van der Waals surface area (Å²) in [5.74, 6) is -0.461. The normalized spacial score (nSPS) is 9.89. The highest BCUT2D eigenvalue weighted by molar-refractivity contribution is 5.83. The third kappa shape index (κ3) is 3.13. The van der Waals surface area contributed by atoms with E-state index in [1.807, 2.05) is 0 Å². The van der Waals surface area contributed by atoms with Gasteiger partial charge in [0.15, 0.2) is 6.29 Å². The van der Waals surface area contributed by atoms with Crippen molar-refractivity contribution in [3.63, 3.8) is 0 Å². The predicted molar refractivity (Wildman–Crippen MR) is 63.6 cm³/mol. The predicted octanol–water partition coefficient (Wildman–Crippen LogP) is 1.82. The quantitative estimate of drug-likeness (QED) is 0.345. The minimum Gasteiger partial charge on any atom is -0.466 e. The Labute approximate surface area is 104 Å². The molecule has 0 aliphatic carbocycles. The first-order valence-electron chi connectivity index (χ1n) is 5.38. The molecule has 0 aliphatic rings. The molecule has 0 unspecified atom stereocenters. The van der Waals surface area contributed by atoms with Crippen LogP contribution in [-0.2, 0) is 16.0 Å². The van der Waals surface area contributed by atoms with Crippen LogP contribution >= 0.6 is 0 Å². The fourth-order valence-corrected chi connectivity index (χ4v) is 1.63. The van der Waals surface area contributed by atoms with Gasteiger partial charge in [-0.2, -0.15) is 0 Å². The third-order valence-electron chi connectivity index (χ3n) is 2.46. The van der Waals surface area contributed by atoms with Gasteiger partial charge in [0.25, 0.3) is 5.69 Å². The topological polar surface area (TPSA) is 86.5 Å². The molecule has 0 radical (unpaired) electrons. The SMILES string of the molecule is CCOC(=O)Cc1c(C)cc([N+](=O)[O-])cc1C=O. The van der Waals surface area contributed by atoms with Crippen molar-refractivity contribution >= 4 is 17.9 Å². The lowest BCUT2D eigenvalue weighted by molar-refractivity contribution is -0.384. The maximum Gasteiger partial charge on any atom is 0.310 e. The molecule has 6 heteroatoms. The van der Waals surface area contributed by atoms with Gasteiger partial charge in [-0.15, -0.1) is 0 Å². The number of nitro benzene ring substituents is 1. The lowest BCUT2D eigenvalue weighted by Crippen LogP contribution is -2.11. The average molecular weight is 251 g/mol. The molecule has 1 aromatic carbocycles. The molecule has 0 aromatic heterocycles. The Bertz CT molecular complexity index is 495. The standard InChI is InChI=1S/C12H13NO5/c1-3-18-12(15)6-11-8(2)4-10(13(16)17)5-9(11)7-14/h4-5,7H,3,6H2,1-2H3. The number of ether oxygens (including phenoxy) is 1. The van der Waals surface area contributed by atoms with E-state index in [0.29, 0.717) is 17.4 Å². The molecule has 1 aromatic rings. The Kier molecular flexibility index (Phi) is 4.53. The lowest BCUT2D eigenvalue weighted by Gasteiger charge is -2.08. The number of nitro groups is 1. The van der Waals surface area contributed by atoms with Gasteiger partial charge < -0.3 is 4.74 Å². The van der Waals surface area contributed by atoms with Crippen LogP contribution in [0.4, 0.5) is 5.69 Å². The van der Waals surface area contributed by atoms with Crippen LogP contribution in [0.3, 0.4) is 0 Å². The third-order valence-corrected chi connectivity index (χ3v) is 2.46. The summed E-state index contributed by atoms with van der Waals surface area (Å²) >= 11 is 0. The van der Waals surface area contributed by atoms with Crippen molar-refractivity contribution in [1.29, 1.82) is 0 Å². The molecule has 6 nitrogen and oxygen atoms in total. The second-order valence-electron chi connectivity index (χ2n) is 3.69. The summed E-state index contributed by atoms with van der Waals surface area (Å²) in [4.78, 5) is 32.4. The fourth-order valence-electron chi connectivity index (χ4n) is 1.63. The number of nitrogens with zero attached hydrogens (tertiary/aromatic N) is 1. The average Bonchev–Trinajstić information content (AvgIpc) is 2.31. The molecule has 1 rings (SSSR count). The number of hydrogen-bond donors (Lipinski definition) is 0. The Hall–Kier alpha value is -2.24. The van der Waals surface area contributed by atoms with E-state index >= 15 is 0 Å². The first-order chi connectivity index (χ1) is 8.49. The van der Waals surface area contributed by atoms with E-state index in [4.69, 9.17) is 4.74 Å². The van der Waals surface area contributed by atoms with Crippen LogP contribution in [0.5, 0.6) is 0 Å². The molecule has 0 saturated heterocycles. The van der Waals surface area contributed by atoms with Gasteiger partial charge in [0.1, 0.15) is 0 Å². The van der Waals surface area contributed by atoms with Crippen LogP contribution in [0.1, 0.15) is 28.4 Å². The molecule has 0 aliphatic heterocycles. The van der Waals surface area contributed by atoms with E-state index in [-0.39, 0.29) is 24.3 Å². The second-order valence-corrected chi connectivity index (χ2v) is 3.69. The fraction of sp³-hybridized carbons (Fsp3) is 0.333. The molecule has 0 atom stereocenters. The van der Waals surface area contributed by atoms with E-state index in [1.165, 1.54) is 6.07 Å². The van der Waals surface area contributed by atoms with Crippen molar-refractivity contribution in [2.24, 2.45) is 0 Å². The van der Waals surface area contributed by atoms with Gasteiger partial charge in [0.05, 0.1) is 18.0 Å². The number of aryl methyl sites for hydroxylation is 1. The Balaban J connectivity index is 3.15. The van der Waals surface area contributed by atoms with Gasteiger partial charge >= 0.3 is 5.97 Å². The minimum atomic E-state index is -0.575. The summed E-state index contributed by atoms with van der Waals surface area (Å²) in [6.07, 6.45) is 0.445. The molecular weight excluding hydrogens is 238 g/mol. The van der Waals surface area contributed by atoms with E-state index in [1.54, 1.807) is 13.8 Å². The first-order valence-corrected chi connectivity index (χ1v) is 5.38. The van der Waals surface area contributed by atoms with Crippen molar-refractivity contribution in [2.45, 2.75) is 20.3 Å². The molecule has 18 heavy (non-hydrogen) atoms. The van der Waals surface area contributed by atoms with Crippen molar-refractivity contribution < 1.29 is 19.2 Å². The van der Waals surface area contributed by atoms with Crippen LogP contribution in [0.25, 0.3) is 0 Å². The zero-order chi connectivity index (χ0) is 13.7. The Morgan fingerprint density at radius 3 is 2.67 bits per heavy atom. The molecule has 0 spiro atoms. The number of carbonyl (C=O) groups excluding carboxylic acids is 2. The Morgan fingerprint density at radius 1 is 1.50 bits per heavy atom. The number of benzene rings is 1. The number of rotatable bonds is 5. The van der Waals surface area contributed by atoms with Crippen LogP contribution in [0.15, 0.2) is 12.1 Å². The highest BCUT2D eigenvalue weighted by Gasteiger charge is 2.16. The van der Waals surface area contributed by atoms with Crippen molar-refractivity contribution in [1.82, 2.24) is 0 Å². The van der Waals surface area contributed by atoms with Gasteiger partial charge in [0.2, 0.25) is 0 Å². The van der Waals surface area contributed by atoms with E-state index in [0.717, 1.165) is 6.07 Å². The maximum absolute atomic E-state index is 11.4. The monoisotopic (exact) mass is 251 g/mol. The van der Waals surface area contributed by atoms with Gasteiger partial charge in [-0.1, -0.05) is 0 Å². The second kappa shape index (κ2) is 5.90. The highest BCUT2D eigenvalue weighted by Crippen LogP contribution is 2.22. The van der Waals surface area contributed by atoms with E-state index < -0.39 is 10.9 Å². The van der Waals surface area contributed by atoms with E-state index in [9.17, 15) is 19.7 Å². The summed E-state index contributed by atoms with van der Waals surface area (Å²) < 4.78 is 4.79. The summed E-state index contributed by atoms with van der Waals surface area (Å²) in [5, 5.41) is 10.7. The number of esters is 1. The number of carbonyl (C=O) groups is 2. The zero-order valence-electron chi connectivity index (χ0n) is 10.1. The molecule has 0 amide bonds. The molecule has 0 bridgehead atoms. The smallest absolute Gasteiger partial charge is 0.310 e. The van der Waals surface area contributed by atoms with Crippen molar-refractivity contribution in [2.75, 3.05) is 6.61 Å². The summed E-state index contributed by atoms with van der Waals surface area (Å²) in [7, 11) is 0. The minimum absolute atomic E-state index is 0.0637. The molecule has 0 heterocycles. The summed E-state index contributed by atoms with van der Waals surface area (Å²) in [5.41, 5.74) is 0.977. The van der Waals surface area contributed by atoms with Crippen LogP contribution in [0, 0.1) is 17.0 Å². The summed E-state index contributed by atoms with van der Waals surface area (Å²) in [6, 6.07) is 2.50. The number of aldehydes is 1. The van der Waals surface area contributed by atoms with E-state index in [2.05, 4.69) is 0 Å². The molecule has 96 valence electrons. The van der Waals surface area contributed by atoms with Gasteiger partial charge in [-0.25, -0.2) is 0 Å². The largest absolute Gasteiger partial charge is 0.466 e. The zero-order valence-corrected chi connectivity index (χ0v) is 10.1. The summed E-state index contributed by atoms with van der Waals surface area (Å²) in [6.45, 7) is 3.55. The van der Waals surface area contributed by atoms with Gasteiger partial charge in [-0.05, 0) is 25.0 Å². The van der Waals surface area contributed by atoms with Gasteiger partial charge in [0, 0.05) is 17.7 Å². The molecular formula is C12H13NO5. The van der Waals surface area contributed by atoms with Crippen molar-refractivity contribution in [3.8, 4) is 0 Å². The van der Waals surface area contributed by atoms with Crippen LogP contribution in [0.2, 0.25) is 0 Å².